The summed E-state index contributed by atoms with van der Waals surface area (Å²) in [5.74, 6) is 0. The van der Waals surface area contributed by atoms with Gasteiger partial charge in [0, 0.05) is 12.1 Å². The van der Waals surface area contributed by atoms with E-state index in [-0.39, 0.29) is 6.04 Å². The molecule has 70 valence electrons. The largest absolute Gasteiger partial charge is 0.388 e. The molecule has 1 aliphatic carbocycles. The van der Waals surface area contributed by atoms with Gasteiger partial charge in [-0.3, -0.25) is 0 Å². The Balaban J connectivity index is 1.90. The Morgan fingerprint density at radius 3 is 2.58 bits per heavy atom. The Morgan fingerprint density at radius 1 is 1.33 bits per heavy atom. The topological polar surface area (TPSA) is 58.3 Å². The highest BCUT2D eigenvalue weighted by Gasteiger charge is 2.46. The quantitative estimate of drug-likeness (QED) is 0.518. The predicted octanol–water partition coefficient (Wildman–Crippen LogP) is -0.0193. The molecule has 2 rings (SSSR count). The zero-order valence-electron chi connectivity index (χ0n) is 7.42. The van der Waals surface area contributed by atoms with Crippen LogP contribution in [0.5, 0.6) is 0 Å². The maximum Gasteiger partial charge on any atom is 0.0829 e. The van der Waals surface area contributed by atoms with E-state index in [4.69, 9.17) is 5.73 Å². The van der Waals surface area contributed by atoms with Gasteiger partial charge in [0.15, 0.2) is 0 Å². The highest BCUT2D eigenvalue weighted by atomic mass is 16.3. The number of rotatable bonds is 1. The summed E-state index contributed by atoms with van der Waals surface area (Å²) in [6, 6.07) is 0.546. The van der Waals surface area contributed by atoms with Crippen LogP contribution in [0.25, 0.3) is 0 Å². The second kappa shape index (κ2) is 2.98. The summed E-state index contributed by atoms with van der Waals surface area (Å²) in [6.45, 7) is 1.06. The number of aliphatic hydroxyl groups is 1. The Kier molecular flexibility index (Phi) is 2.10. The molecule has 1 atom stereocenters. The van der Waals surface area contributed by atoms with Crippen molar-refractivity contribution in [2.24, 2.45) is 5.73 Å². The van der Waals surface area contributed by atoms with Crippen molar-refractivity contribution >= 4 is 0 Å². The van der Waals surface area contributed by atoms with E-state index in [1.807, 2.05) is 0 Å². The molecule has 1 saturated heterocycles. The first-order valence-electron chi connectivity index (χ1n) is 4.92. The molecule has 4 N–H and O–H groups in total. The summed E-state index contributed by atoms with van der Waals surface area (Å²) in [4.78, 5) is 0. The van der Waals surface area contributed by atoms with Gasteiger partial charge >= 0.3 is 0 Å². The second-order valence-corrected chi connectivity index (χ2v) is 4.27. The summed E-state index contributed by atoms with van der Waals surface area (Å²) in [5, 5.41) is 13.4. The third kappa shape index (κ3) is 1.37. The Bertz CT molecular complexity index is 160. The smallest absolute Gasteiger partial charge is 0.0829 e. The molecule has 0 radical (unpaired) electrons. The third-order valence-electron chi connectivity index (χ3n) is 3.19. The lowest BCUT2D eigenvalue weighted by Crippen LogP contribution is -2.63. The second-order valence-electron chi connectivity index (χ2n) is 4.27. The number of nitrogens with two attached hydrogens (primary N) is 1. The molecule has 1 unspecified atom stereocenters. The van der Waals surface area contributed by atoms with Gasteiger partial charge < -0.3 is 16.2 Å². The van der Waals surface area contributed by atoms with Crippen molar-refractivity contribution in [3.05, 3.63) is 0 Å². The van der Waals surface area contributed by atoms with Gasteiger partial charge in [-0.25, -0.2) is 0 Å². The van der Waals surface area contributed by atoms with Crippen LogP contribution >= 0.6 is 0 Å². The van der Waals surface area contributed by atoms with Crippen molar-refractivity contribution < 1.29 is 5.11 Å². The van der Waals surface area contributed by atoms with Gasteiger partial charge in [-0.15, -0.1) is 0 Å². The van der Waals surface area contributed by atoms with Crippen LogP contribution in [0.1, 0.15) is 32.1 Å². The van der Waals surface area contributed by atoms with Crippen LogP contribution in [-0.2, 0) is 0 Å². The van der Waals surface area contributed by atoms with Crippen molar-refractivity contribution in [1.82, 2.24) is 5.32 Å². The van der Waals surface area contributed by atoms with Crippen LogP contribution in [0.4, 0.5) is 0 Å². The first-order chi connectivity index (χ1) is 5.71. The molecule has 0 aromatic heterocycles. The van der Waals surface area contributed by atoms with Gasteiger partial charge in [-0.05, 0) is 32.2 Å². The lowest BCUT2D eigenvalue weighted by molar-refractivity contribution is -0.0820. The normalized spacial score (nSPS) is 48.5. The monoisotopic (exact) mass is 170 g/mol. The van der Waals surface area contributed by atoms with Gasteiger partial charge in [0.1, 0.15) is 0 Å². The van der Waals surface area contributed by atoms with E-state index < -0.39 is 5.60 Å². The van der Waals surface area contributed by atoms with E-state index in [1.54, 1.807) is 0 Å². The minimum absolute atomic E-state index is 0.235. The molecule has 1 aliphatic heterocycles. The molecule has 3 nitrogen and oxygen atoms in total. The maximum atomic E-state index is 10.1. The number of piperidine rings is 1. The highest BCUT2D eigenvalue weighted by Crippen LogP contribution is 2.36. The zero-order valence-corrected chi connectivity index (χ0v) is 7.42. The molecule has 0 amide bonds. The van der Waals surface area contributed by atoms with Gasteiger partial charge in [0.05, 0.1) is 5.60 Å². The number of hydrogen-bond acceptors (Lipinski definition) is 3. The van der Waals surface area contributed by atoms with E-state index in [0.717, 1.165) is 25.8 Å². The van der Waals surface area contributed by atoms with E-state index in [0.29, 0.717) is 6.04 Å². The molecule has 0 aromatic rings. The molecule has 12 heavy (non-hydrogen) atoms. The number of nitrogens with one attached hydrogen (secondary N) is 1. The predicted molar refractivity (Wildman–Crippen MR) is 47.8 cm³/mol. The maximum absolute atomic E-state index is 10.1. The van der Waals surface area contributed by atoms with Gasteiger partial charge in [-0.2, -0.15) is 0 Å². The zero-order chi connectivity index (χ0) is 8.60. The third-order valence-corrected chi connectivity index (χ3v) is 3.19. The Labute approximate surface area is 73.3 Å². The van der Waals surface area contributed by atoms with E-state index in [9.17, 15) is 5.11 Å². The van der Waals surface area contributed by atoms with Gasteiger partial charge in [0.25, 0.3) is 0 Å². The van der Waals surface area contributed by atoms with Crippen molar-refractivity contribution in [3.8, 4) is 0 Å². The molecule has 1 heterocycles. The van der Waals surface area contributed by atoms with E-state index >= 15 is 0 Å². The summed E-state index contributed by atoms with van der Waals surface area (Å²) in [7, 11) is 0. The van der Waals surface area contributed by atoms with Crippen LogP contribution in [0, 0.1) is 0 Å². The summed E-state index contributed by atoms with van der Waals surface area (Å²) < 4.78 is 0. The summed E-state index contributed by atoms with van der Waals surface area (Å²) >= 11 is 0. The molecule has 2 aliphatic rings. The van der Waals surface area contributed by atoms with Crippen LogP contribution < -0.4 is 11.1 Å². The minimum Gasteiger partial charge on any atom is -0.388 e. The summed E-state index contributed by atoms with van der Waals surface area (Å²) in [5.41, 5.74) is 5.20. The average Bonchev–Trinajstić information content (AvgIpc) is 2.04. The lowest BCUT2D eigenvalue weighted by Gasteiger charge is -2.48. The Hall–Kier alpha value is -0.120. The van der Waals surface area contributed by atoms with E-state index in [1.165, 1.54) is 12.8 Å². The van der Waals surface area contributed by atoms with Crippen LogP contribution in [0.3, 0.4) is 0 Å². The van der Waals surface area contributed by atoms with Crippen molar-refractivity contribution in [2.75, 3.05) is 6.54 Å². The van der Waals surface area contributed by atoms with Crippen molar-refractivity contribution in [2.45, 2.75) is 49.8 Å². The van der Waals surface area contributed by atoms with Crippen LogP contribution in [0.15, 0.2) is 0 Å². The first kappa shape index (κ1) is 8.48. The van der Waals surface area contributed by atoms with Crippen LogP contribution in [-0.4, -0.2) is 29.3 Å². The number of hydrogen-bond donors (Lipinski definition) is 3. The van der Waals surface area contributed by atoms with Gasteiger partial charge in [0.2, 0.25) is 0 Å². The summed E-state index contributed by atoms with van der Waals surface area (Å²) in [6.07, 6.45) is 5.17. The lowest BCUT2D eigenvalue weighted by atomic mass is 9.69. The highest BCUT2D eigenvalue weighted by molar-refractivity contribution is 5.04. The average molecular weight is 170 g/mol. The molecule has 0 bridgehead atoms. The van der Waals surface area contributed by atoms with Crippen molar-refractivity contribution in [1.29, 1.82) is 0 Å². The SMILES string of the molecule is NC1CC(O)(C2CCCCN2)C1. The molecule has 0 aromatic carbocycles. The van der Waals surface area contributed by atoms with Crippen molar-refractivity contribution in [3.63, 3.8) is 0 Å². The molecule has 2 fully saturated rings. The molecule has 1 saturated carbocycles. The fourth-order valence-corrected chi connectivity index (χ4v) is 2.44. The molecule has 0 spiro atoms. The molecular formula is C9H18N2O. The van der Waals surface area contributed by atoms with Crippen LogP contribution in [0.2, 0.25) is 0 Å². The Morgan fingerprint density at radius 2 is 2.08 bits per heavy atom. The fraction of sp³-hybridized carbons (Fsp3) is 1.00. The standard InChI is InChI=1S/C9H18N2O/c10-7-5-9(12,6-7)8-3-1-2-4-11-8/h7-8,11-12H,1-6,10H2. The minimum atomic E-state index is -0.472. The first-order valence-corrected chi connectivity index (χ1v) is 4.92. The molecular weight excluding hydrogens is 152 g/mol. The molecule has 3 heteroatoms. The van der Waals surface area contributed by atoms with Gasteiger partial charge in [-0.1, -0.05) is 6.42 Å². The van der Waals surface area contributed by atoms with E-state index in [2.05, 4.69) is 5.32 Å². The fourth-order valence-electron chi connectivity index (χ4n) is 2.44.